The maximum atomic E-state index is 5.73. The molecule has 0 saturated heterocycles. The van der Waals surface area contributed by atoms with Gasteiger partial charge in [0.1, 0.15) is 5.82 Å². The molecule has 0 amide bonds. The average molecular weight is 190 g/mol. The van der Waals surface area contributed by atoms with E-state index in [2.05, 4.69) is 16.1 Å². The van der Waals surface area contributed by atoms with Crippen LogP contribution in [0.25, 0.3) is 11.3 Å². The molecule has 2 rings (SSSR count). The molecule has 0 spiro atoms. The quantitative estimate of drug-likeness (QED) is 0.717. The number of hydrogen-bond acceptors (Lipinski definition) is 2. The summed E-state index contributed by atoms with van der Waals surface area (Å²) < 4.78 is 1.68. The Morgan fingerprint density at radius 3 is 2.50 bits per heavy atom. The number of hydrogen-bond donors (Lipinski definition) is 2. The maximum Gasteiger partial charge on any atom is 0.121 e. The Morgan fingerprint density at radius 1 is 1.36 bits per heavy atom. The standard InChI is InChI=1S/C10H14N4/c1-6-4-8(7(2)12-6)9-5-10(11)14(3)13-9/h4-5,12H,11H2,1-3H3. The zero-order chi connectivity index (χ0) is 10.3. The Kier molecular flexibility index (Phi) is 1.84. The van der Waals surface area contributed by atoms with Crippen LogP contribution in [0, 0.1) is 13.8 Å². The molecule has 0 aliphatic rings. The Bertz CT molecular complexity index is 445. The van der Waals surface area contributed by atoms with E-state index in [-0.39, 0.29) is 0 Å². The van der Waals surface area contributed by atoms with E-state index in [0.717, 1.165) is 22.6 Å². The molecule has 0 radical (unpaired) electrons. The van der Waals surface area contributed by atoms with E-state index < -0.39 is 0 Å². The van der Waals surface area contributed by atoms with Gasteiger partial charge in [-0.1, -0.05) is 0 Å². The van der Waals surface area contributed by atoms with Crippen molar-refractivity contribution in [2.45, 2.75) is 13.8 Å². The van der Waals surface area contributed by atoms with Crippen LogP contribution in [0.5, 0.6) is 0 Å². The van der Waals surface area contributed by atoms with E-state index in [1.54, 1.807) is 4.68 Å². The van der Waals surface area contributed by atoms with Crippen LogP contribution in [-0.2, 0) is 7.05 Å². The SMILES string of the molecule is Cc1cc(-c2cc(N)n(C)n2)c(C)[nH]1. The molecule has 0 fully saturated rings. The minimum absolute atomic E-state index is 0.679. The van der Waals surface area contributed by atoms with Crippen molar-refractivity contribution in [1.29, 1.82) is 0 Å². The predicted molar refractivity (Wildman–Crippen MR) is 56.9 cm³/mol. The molecule has 4 heteroatoms. The first-order chi connectivity index (χ1) is 6.58. The summed E-state index contributed by atoms with van der Waals surface area (Å²) in [6.45, 7) is 4.07. The van der Waals surface area contributed by atoms with E-state index in [4.69, 9.17) is 5.73 Å². The number of aromatic nitrogens is 3. The van der Waals surface area contributed by atoms with E-state index in [1.807, 2.05) is 27.0 Å². The third kappa shape index (κ3) is 1.28. The zero-order valence-electron chi connectivity index (χ0n) is 8.63. The molecule has 3 N–H and O–H groups in total. The lowest BCUT2D eigenvalue weighted by Crippen LogP contribution is -1.96. The molecule has 0 aromatic carbocycles. The average Bonchev–Trinajstić information content (AvgIpc) is 2.57. The second kappa shape index (κ2) is 2.90. The van der Waals surface area contributed by atoms with Crippen LogP contribution >= 0.6 is 0 Å². The number of nitrogen functional groups attached to an aromatic ring is 1. The van der Waals surface area contributed by atoms with Crippen molar-refractivity contribution in [3.63, 3.8) is 0 Å². The molecule has 0 saturated carbocycles. The number of nitrogens with zero attached hydrogens (tertiary/aromatic N) is 2. The summed E-state index contributed by atoms with van der Waals surface area (Å²) in [6, 6.07) is 3.96. The number of aryl methyl sites for hydroxylation is 3. The number of H-pyrrole nitrogens is 1. The van der Waals surface area contributed by atoms with E-state index in [1.165, 1.54) is 0 Å². The molecular weight excluding hydrogens is 176 g/mol. The van der Waals surface area contributed by atoms with Crippen LogP contribution in [-0.4, -0.2) is 14.8 Å². The van der Waals surface area contributed by atoms with Gasteiger partial charge in [-0.25, -0.2) is 0 Å². The molecule has 14 heavy (non-hydrogen) atoms. The largest absolute Gasteiger partial charge is 0.384 e. The van der Waals surface area contributed by atoms with Gasteiger partial charge in [0.2, 0.25) is 0 Å². The summed E-state index contributed by atoms with van der Waals surface area (Å²) in [5.74, 6) is 0.679. The summed E-state index contributed by atoms with van der Waals surface area (Å²) in [5, 5.41) is 4.33. The number of nitrogens with two attached hydrogens (primary N) is 1. The normalized spacial score (nSPS) is 10.8. The topological polar surface area (TPSA) is 59.6 Å². The van der Waals surface area contributed by atoms with E-state index in [9.17, 15) is 0 Å². The van der Waals surface area contributed by atoms with Crippen molar-refractivity contribution in [3.05, 3.63) is 23.5 Å². The summed E-state index contributed by atoms with van der Waals surface area (Å²) in [5.41, 5.74) is 10.0. The maximum absolute atomic E-state index is 5.73. The lowest BCUT2D eigenvalue weighted by Gasteiger charge is -1.92. The number of rotatable bonds is 1. The van der Waals surface area contributed by atoms with Gasteiger partial charge >= 0.3 is 0 Å². The summed E-state index contributed by atoms with van der Waals surface area (Å²) in [6.07, 6.45) is 0. The zero-order valence-corrected chi connectivity index (χ0v) is 8.63. The summed E-state index contributed by atoms with van der Waals surface area (Å²) in [4.78, 5) is 3.24. The van der Waals surface area contributed by atoms with Crippen molar-refractivity contribution < 1.29 is 0 Å². The van der Waals surface area contributed by atoms with Gasteiger partial charge in [0.25, 0.3) is 0 Å². The minimum atomic E-state index is 0.679. The number of nitrogens with one attached hydrogen (secondary N) is 1. The van der Waals surface area contributed by atoms with E-state index in [0.29, 0.717) is 5.82 Å². The second-order valence-corrected chi connectivity index (χ2v) is 3.57. The first-order valence-electron chi connectivity index (χ1n) is 4.54. The Balaban J connectivity index is 2.54. The molecular formula is C10H14N4. The molecule has 2 heterocycles. The van der Waals surface area contributed by atoms with Crippen LogP contribution in [0.15, 0.2) is 12.1 Å². The Morgan fingerprint density at radius 2 is 2.07 bits per heavy atom. The lowest BCUT2D eigenvalue weighted by molar-refractivity contribution is 0.782. The van der Waals surface area contributed by atoms with Crippen LogP contribution in [0.2, 0.25) is 0 Å². The fraction of sp³-hybridized carbons (Fsp3) is 0.300. The van der Waals surface area contributed by atoms with Gasteiger partial charge in [-0.2, -0.15) is 5.10 Å². The van der Waals surface area contributed by atoms with Crippen molar-refractivity contribution in [2.75, 3.05) is 5.73 Å². The van der Waals surface area contributed by atoms with Gasteiger partial charge in [0, 0.05) is 30.1 Å². The summed E-state index contributed by atoms with van der Waals surface area (Å²) >= 11 is 0. The summed E-state index contributed by atoms with van der Waals surface area (Å²) in [7, 11) is 1.84. The molecule has 74 valence electrons. The molecule has 2 aromatic heterocycles. The van der Waals surface area contributed by atoms with Crippen molar-refractivity contribution in [1.82, 2.24) is 14.8 Å². The predicted octanol–water partition coefficient (Wildman–Crippen LogP) is 1.61. The fourth-order valence-electron chi connectivity index (χ4n) is 1.60. The Hall–Kier alpha value is -1.71. The second-order valence-electron chi connectivity index (χ2n) is 3.57. The molecule has 2 aromatic rings. The highest BCUT2D eigenvalue weighted by Crippen LogP contribution is 2.24. The third-order valence-electron chi connectivity index (χ3n) is 2.34. The van der Waals surface area contributed by atoms with E-state index >= 15 is 0 Å². The van der Waals surface area contributed by atoms with Gasteiger partial charge in [-0.3, -0.25) is 4.68 Å². The first-order valence-corrected chi connectivity index (χ1v) is 4.54. The van der Waals surface area contributed by atoms with Gasteiger partial charge in [-0.15, -0.1) is 0 Å². The highest BCUT2D eigenvalue weighted by Gasteiger charge is 2.09. The van der Waals surface area contributed by atoms with Gasteiger partial charge in [0.05, 0.1) is 5.69 Å². The van der Waals surface area contributed by atoms with Crippen LogP contribution < -0.4 is 5.73 Å². The number of anilines is 1. The molecule has 0 atom stereocenters. The van der Waals surface area contributed by atoms with Crippen molar-refractivity contribution in [3.8, 4) is 11.3 Å². The molecule has 0 unspecified atom stereocenters. The highest BCUT2D eigenvalue weighted by molar-refractivity contribution is 5.65. The lowest BCUT2D eigenvalue weighted by atomic mass is 10.2. The first kappa shape index (κ1) is 8.87. The third-order valence-corrected chi connectivity index (χ3v) is 2.34. The molecule has 0 bridgehead atoms. The smallest absolute Gasteiger partial charge is 0.121 e. The fourth-order valence-corrected chi connectivity index (χ4v) is 1.60. The molecule has 4 nitrogen and oxygen atoms in total. The van der Waals surface area contributed by atoms with Gasteiger partial charge in [0.15, 0.2) is 0 Å². The minimum Gasteiger partial charge on any atom is -0.384 e. The van der Waals surface area contributed by atoms with Gasteiger partial charge < -0.3 is 10.7 Å². The van der Waals surface area contributed by atoms with Crippen molar-refractivity contribution >= 4 is 5.82 Å². The van der Waals surface area contributed by atoms with Gasteiger partial charge in [-0.05, 0) is 19.9 Å². The van der Waals surface area contributed by atoms with Crippen LogP contribution in [0.3, 0.4) is 0 Å². The number of aromatic amines is 1. The van der Waals surface area contributed by atoms with Crippen LogP contribution in [0.1, 0.15) is 11.4 Å². The van der Waals surface area contributed by atoms with Crippen molar-refractivity contribution in [2.24, 2.45) is 7.05 Å². The highest BCUT2D eigenvalue weighted by atomic mass is 15.3. The van der Waals surface area contributed by atoms with Crippen LogP contribution in [0.4, 0.5) is 5.82 Å². The Labute approximate surface area is 82.7 Å². The monoisotopic (exact) mass is 190 g/mol. The molecule has 0 aliphatic carbocycles. The molecule has 0 aliphatic heterocycles.